The lowest BCUT2D eigenvalue weighted by Crippen LogP contribution is -2.56. The van der Waals surface area contributed by atoms with Crippen molar-refractivity contribution in [1.29, 1.82) is 0 Å². The van der Waals surface area contributed by atoms with Crippen LogP contribution in [0.1, 0.15) is 40.0 Å². The number of hydrogen-bond donors (Lipinski definition) is 1. The number of halogens is 1. The van der Waals surface area contributed by atoms with Crippen LogP contribution in [0.3, 0.4) is 0 Å². The number of carbonyl (C=O) groups is 1. The van der Waals surface area contributed by atoms with Gasteiger partial charge >= 0.3 is 6.09 Å². The summed E-state index contributed by atoms with van der Waals surface area (Å²) in [6.07, 6.45) is 3.38. The average Bonchev–Trinajstić information content (AvgIpc) is 2.47. The van der Waals surface area contributed by atoms with Crippen LogP contribution in [0.2, 0.25) is 5.02 Å². The van der Waals surface area contributed by atoms with Crippen molar-refractivity contribution in [2.75, 3.05) is 18.4 Å². The molecule has 1 aliphatic carbocycles. The number of nitrogens with zero attached hydrogens (tertiary/aromatic N) is 1. The maximum atomic E-state index is 12.4. The van der Waals surface area contributed by atoms with Gasteiger partial charge in [-0.05, 0) is 69.7 Å². The number of fused-ring (bicyclic) bond motifs is 2. The second-order valence-corrected chi connectivity index (χ2v) is 8.45. The molecule has 2 unspecified atom stereocenters. The van der Waals surface area contributed by atoms with E-state index in [9.17, 15) is 4.79 Å². The minimum atomic E-state index is -0.440. The molecule has 1 aliphatic heterocycles. The van der Waals surface area contributed by atoms with Crippen LogP contribution in [-0.4, -0.2) is 35.7 Å². The Hall–Kier alpha value is -1.42. The molecular weight excluding hydrogens is 324 g/mol. The molecule has 4 nitrogen and oxygen atoms in total. The monoisotopic (exact) mass is 350 g/mol. The molecule has 1 saturated carbocycles. The summed E-state index contributed by atoms with van der Waals surface area (Å²) in [7, 11) is 0. The molecule has 1 saturated heterocycles. The molecule has 2 fully saturated rings. The van der Waals surface area contributed by atoms with Crippen molar-refractivity contribution in [2.24, 2.45) is 11.8 Å². The Bertz CT molecular complexity index is 568. The van der Waals surface area contributed by atoms with Gasteiger partial charge in [0.1, 0.15) is 5.60 Å². The van der Waals surface area contributed by atoms with Crippen LogP contribution in [0, 0.1) is 11.8 Å². The van der Waals surface area contributed by atoms with Gasteiger partial charge in [-0.3, -0.25) is 0 Å². The third kappa shape index (κ3) is 4.15. The van der Waals surface area contributed by atoms with Crippen molar-refractivity contribution >= 4 is 23.4 Å². The zero-order valence-electron chi connectivity index (χ0n) is 14.7. The van der Waals surface area contributed by atoms with Crippen molar-refractivity contribution in [3.8, 4) is 0 Å². The molecule has 132 valence electrons. The maximum Gasteiger partial charge on any atom is 0.410 e. The van der Waals surface area contributed by atoms with Crippen LogP contribution in [0.5, 0.6) is 0 Å². The zero-order valence-corrected chi connectivity index (χ0v) is 15.5. The number of piperidine rings is 1. The first-order valence-corrected chi connectivity index (χ1v) is 9.20. The maximum absolute atomic E-state index is 12.4. The Kier molecular flexibility index (Phi) is 4.95. The Morgan fingerprint density at radius 3 is 2.29 bits per heavy atom. The van der Waals surface area contributed by atoms with Crippen LogP contribution in [-0.2, 0) is 4.74 Å². The molecule has 2 bridgehead atoms. The molecular formula is C19H27ClN2O2. The lowest BCUT2D eigenvalue weighted by molar-refractivity contribution is 0.000434. The van der Waals surface area contributed by atoms with E-state index in [4.69, 9.17) is 16.3 Å². The van der Waals surface area contributed by atoms with Crippen molar-refractivity contribution in [3.05, 3.63) is 29.3 Å². The predicted molar refractivity (Wildman–Crippen MR) is 97.5 cm³/mol. The molecule has 2 aliphatic rings. The van der Waals surface area contributed by atoms with Crippen LogP contribution >= 0.6 is 11.6 Å². The van der Waals surface area contributed by atoms with E-state index in [1.54, 1.807) is 0 Å². The van der Waals surface area contributed by atoms with Gasteiger partial charge in [0.25, 0.3) is 0 Å². The summed E-state index contributed by atoms with van der Waals surface area (Å²) in [6.45, 7) is 7.30. The van der Waals surface area contributed by atoms with E-state index in [1.807, 2.05) is 49.9 Å². The molecule has 24 heavy (non-hydrogen) atoms. The highest BCUT2D eigenvalue weighted by atomic mass is 35.5. The van der Waals surface area contributed by atoms with Gasteiger partial charge < -0.3 is 15.0 Å². The lowest BCUT2D eigenvalue weighted by Gasteiger charge is -2.47. The van der Waals surface area contributed by atoms with E-state index < -0.39 is 5.60 Å². The third-order valence-corrected chi connectivity index (χ3v) is 5.16. The van der Waals surface area contributed by atoms with Crippen molar-refractivity contribution in [1.82, 2.24) is 4.90 Å². The number of amides is 1. The van der Waals surface area contributed by atoms with Gasteiger partial charge in [0.15, 0.2) is 0 Å². The molecule has 0 aromatic heterocycles. The first-order valence-electron chi connectivity index (χ1n) is 8.82. The van der Waals surface area contributed by atoms with Gasteiger partial charge in [-0.2, -0.15) is 0 Å². The zero-order chi connectivity index (χ0) is 17.3. The average molecular weight is 351 g/mol. The summed E-state index contributed by atoms with van der Waals surface area (Å²) in [5.41, 5.74) is 0.664. The summed E-state index contributed by atoms with van der Waals surface area (Å²) in [5.74, 6) is 0.946. The smallest absolute Gasteiger partial charge is 0.410 e. The SMILES string of the molecule is CC(C)(C)OC(=O)N1CC2CCCC(C1)C2Nc1ccc(Cl)cc1. The van der Waals surface area contributed by atoms with Crippen LogP contribution in [0.4, 0.5) is 10.5 Å². The third-order valence-electron chi connectivity index (χ3n) is 4.90. The number of hydrogen-bond acceptors (Lipinski definition) is 3. The molecule has 1 amide bonds. The molecule has 1 aromatic rings. The predicted octanol–water partition coefficient (Wildman–Crippen LogP) is 4.79. The molecule has 3 rings (SSSR count). The number of benzene rings is 1. The van der Waals surface area contributed by atoms with Crippen molar-refractivity contribution < 1.29 is 9.53 Å². The number of rotatable bonds is 2. The van der Waals surface area contributed by atoms with Gasteiger partial charge in [-0.1, -0.05) is 18.0 Å². The highest BCUT2D eigenvalue weighted by Gasteiger charge is 2.41. The molecule has 2 atom stereocenters. The highest BCUT2D eigenvalue weighted by molar-refractivity contribution is 6.30. The van der Waals surface area contributed by atoms with Crippen molar-refractivity contribution in [3.63, 3.8) is 0 Å². The normalized spacial score (nSPS) is 26.8. The fraction of sp³-hybridized carbons (Fsp3) is 0.632. The summed E-state index contributed by atoms with van der Waals surface area (Å²) in [6, 6.07) is 8.29. The molecule has 1 aromatic carbocycles. The topological polar surface area (TPSA) is 41.6 Å². The molecule has 1 N–H and O–H groups in total. The Morgan fingerprint density at radius 1 is 1.17 bits per heavy atom. The van der Waals surface area contributed by atoms with Gasteiger partial charge in [0, 0.05) is 29.8 Å². The van der Waals surface area contributed by atoms with Crippen LogP contribution in [0.15, 0.2) is 24.3 Å². The van der Waals surface area contributed by atoms with E-state index in [2.05, 4.69) is 5.32 Å². The number of carbonyl (C=O) groups excluding carboxylic acids is 1. The van der Waals surface area contributed by atoms with Gasteiger partial charge in [0.2, 0.25) is 0 Å². The highest BCUT2D eigenvalue weighted by Crippen LogP contribution is 2.37. The van der Waals surface area contributed by atoms with E-state index in [-0.39, 0.29) is 6.09 Å². The van der Waals surface area contributed by atoms with Crippen LogP contribution < -0.4 is 5.32 Å². The minimum Gasteiger partial charge on any atom is -0.444 e. The number of ether oxygens (including phenoxy) is 1. The first kappa shape index (κ1) is 17.4. The second kappa shape index (κ2) is 6.83. The van der Waals surface area contributed by atoms with Crippen molar-refractivity contribution in [2.45, 2.75) is 51.7 Å². The first-order chi connectivity index (χ1) is 11.3. The fourth-order valence-electron chi connectivity index (χ4n) is 3.89. The lowest BCUT2D eigenvalue weighted by atomic mass is 9.73. The van der Waals surface area contributed by atoms with Crippen LogP contribution in [0.25, 0.3) is 0 Å². The Morgan fingerprint density at radius 2 is 1.75 bits per heavy atom. The number of likely N-dealkylation sites (tertiary alicyclic amines) is 1. The van der Waals surface area contributed by atoms with E-state index in [0.717, 1.165) is 36.6 Å². The standard InChI is InChI=1S/C19H27ClN2O2/c1-19(2,3)24-18(23)22-11-13-5-4-6-14(12-22)17(13)21-16-9-7-15(20)8-10-16/h7-10,13-14,17,21H,4-6,11-12H2,1-3H3. The number of anilines is 1. The summed E-state index contributed by atoms with van der Waals surface area (Å²) < 4.78 is 5.56. The molecule has 0 spiro atoms. The second-order valence-electron chi connectivity index (χ2n) is 8.01. The van der Waals surface area contributed by atoms with E-state index in [0.29, 0.717) is 17.9 Å². The fourth-order valence-corrected chi connectivity index (χ4v) is 4.01. The quantitative estimate of drug-likeness (QED) is 0.833. The van der Waals surface area contributed by atoms with Gasteiger partial charge in [-0.15, -0.1) is 0 Å². The summed E-state index contributed by atoms with van der Waals surface area (Å²) in [4.78, 5) is 14.3. The Balaban J connectivity index is 1.67. The summed E-state index contributed by atoms with van der Waals surface area (Å²) in [5, 5.41) is 4.43. The minimum absolute atomic E-state index is 0.177. The molecule has 0 radical (unpaired) electrons. The van der Waals surface area contributed by atoms with Gasteiger partial charge in [-0.25, -0.2) is 4.79 Å². The Labute approximate surface area is 149 Å². The van der Waals surface area contributed by atoms with Gasteiger partial charge in [0.05, 0.1) is 0 Å². The summed E-state index contributed by atoms with van der Waals surface area (Å²) >= 11 is 5.97. The van der Waals surface area contributed by atoms with E-state index in [1.165, 1.54) is 6.42 Å². The molecule has 1 heterocycles. The number of nitrogens with one attached hydrogen (secondary N) is 1. The molecule has 5 heteroatoms. The largest absolute Gasteiger partial charge is 0.444 e. The van der Waals surface area contributed by atoms with E-state index >= 15 is 0 Å².